The molecule has 2 saturated heterocycles. The van der Waals surface area contributed by atoms with Crippen LogP contribution in [0.3, 0.4) is 0 Å². The number of ether oxygens (including phenoxy) is 1. The first-order chi connectivity index (χ1) is 36.4. The molecule has 3 aromatic rings. The summed E-state index contributed by atoms with van der Waals surface area (Å²) in [5, 5.41) is 21.3. The van der Waals surface area contributed by atoms with Gasteiger partial charge in [-0.15, -0.1) is 0 Å². The average Bonchev–Trinajstić information content (AvgIpc) is 4.18. The molecule has 2 fully saturated rings. The Morgan fingerprint density at radius 1 is 0.667 bits per heavy atom. The van der Waals surface area contributed by atoms with Gasteiger partial charge in [0.25, 0.3) is 0 Å². The average molecular weight is 1040 g/mol. The molecule has 0 bridgehead atoms. The molecule has 1 aromatic heterocycles. The number of carbonyl (C=O) groups excluding carboxylic acids is 6. The molecule has 9 N–H and O–H groups in total. The monoisotopic (exact) mass is 1040 g/mol. The molecule has 20 nitrogen and oxygen atoms in total. The number of methoxy groups -OCH3 is 1. The van der Waals surface area contributed by atoms with Gasteiger partial charge in [0, 0.05) is 38.8 Å². The maximum atomic E-state index is 13.3. The van der Waals surface area contributed by atoms with E-state index in [1.807, 2.05) is 11.9 Å². The van der Waals surface area contributed by atoms with Crippen LogP contribution in [-0.4, -0.2) is 152 Å². The zero-order valence-electron chi connectivity index (χ0n) is 45.5. The van der Waals surface area contributed by atoms with Crippen LogP contribution in [0.4, 0.5) is 11.9 Å². The van der Waals surface area contributed by atoms with Crippen molar-refractivity contribution >= 4 is 48.2 Å². The normalized spacial score (nSPS) is 17.9. The summed E-state index contributed by atoms with van der Waals surface area (Å²) in [5.41, 5.74) is 10.4. The second-order valence-electron chi connectivity index (χ2n) is 19.4. The molecular formula is C55H87N13O7. The van der Waals surface area contributed by atoms with Gasteiger partial charge in [-0.05, 0) is 166 Å². The highest BCUT2D eigenvalue weighted by Gasteiger charge is 2.34. The number of aldehydes is 1. The summed E-state index contributed by atoms with van der Waals surface area (Å²) in [7, 11) is 6.91. The molecule has 6 atom stereocenters. The molecule has 4 unspecified atom stereocenters. The zero-order valence-corrected chi connectivity index (χ0v) is 45.5. The number of likely N-dealkylation sites (tertiary alicyclic amines) is 2. The number of aryl methyl sites for hydroxylation is 3. The number of benzene rings is 2. The number of hydrogen-bond donors (Lipinski definition) is 8. The van der Waals surface area contributed by atoms with Gasteiger partial charge in [-0.3, -0.25) is 24.0 Å². The van der Waals surface area contributed by atoms with Crippen molar-refractivity contribution in [1.82, 2.24) is 51.3 Å². The van der Waals surface area contributed by atoms with E-state index in [9.17, 15) is 24.0 Å². The molecule has 20 heteroatoms. The summed E-state index contributed by atoms with van der Waals surface area (Å²) < 4.78 is 5.27. The zero-order chi connectivity index (χ0) is 54.4. The molecule has 0 radical (unpaired) electrons. The Balaban J connectivity index is 0.000000387. The molecular weight excluding hydrogens is 955 g/mol. The van der Waals surface area contributed by atoms with Crippen molar-refractivity contribution in [3.63, 3.8) is 0 Å². The Labute approximate surface area is 445 Å². The molecule has 2 aromatic carbocycles. The molecule has 414 valence electrons. The largest absolute Gasteiger partial charge is 0.467 e. The lowest BCUT2D eigenvalue weighted by molar-refractivity contribution is -0.139. The maximum Gasteiger partial charge on any atom is 0.322 e. The van der Waals surface area contributed by atoms with Gasteiger partial charge in [0.2, 0.25) is 41.9 Å². The molecule has 7 rings (SSSR count). The molecule has 75 heavy (non-hydrogen) atoms. The number of amides is 5. The highest BCUT2D eigenvalue weighted by Crippen LogP contribution is 2.29. The topological polar surface area (TPSA) is 267 Å². The number of carbonyl (C=O) groups is 6. The lowest BCUT2D eigenvalue weighted by atomic mass is 9.88. The summed E-state index contributed by atoms with van der Waals surface area (Å²) in [5.74, 6) is -0.0735. The van der Waals surface area contributed by atoms with E-state index in [0.29, 0.717) is 82.5 Å². The standard InChI is InChI=1S/C33H57N11O6.C11H15N.C10H12.CH3NO/c1-22(34-3)27(46)38-25(29(48)43-18-10-11-19-43)14-6-8-16-36-31-40-32(42-33(41-31)50-5)37-17-9-7-15-26(39-28(47)23(2)35-4)30(49)44-20-12-13-24(44)21-45;1-12-11-8-4-6-9-5-2-3-7-10(9)11;1-2-6-10-8-4-3-7-9(10)5-1;2-1-3/h21-26,34-35H,6-20H2,1-5H3,(H,38,46)(H,39,47)(H2,36,37,40,41,42);2-3,5,7,11-12H,4,6,8H2,1H3;1-2,5-6H,3-4,7-8H2;1H,(H2,2,3)/t22-,23?,24?,25?,26-;;;/m0.../s1. The predicted octanol–water partition coefficient (Wildman–Crippen LogP) is 3.99. The number of nitrogens with two attached hydrogens (primary N) is 1. The summed E-state index contributed by atoms with van der Waals surface area (Å²) in [4.78, 5) is 88.1. The van der Waals surface area contributed by atoms with E-state index in [1.54, 1.807) is 44.0 Å². The number of anilines is 2. The summed E-state index contributed by atoms with van der Waals surface area (Å²) in [6.45, 7) is 6.47. The van der Waals surface area contributed by atoms with Crippen LogP contribution in [0.25, 0.3) is 0 Å². The van der Waals surface area contributed by atoms with Crippen LogP contribution in [0, 0.1) is 0 Å². The molecule has 2 aliphatic carbocycles. The molecule has 0 spiro atoms. The van der Waals surface area contributed by atoms with E-state index < -0.39 is 30.2 Å². The summed E-state index contributed by atoms with van der Waals surface area (Å²) in [6, 6.07) is 15.7. The van der Waals surface area contributed by atoms with Crippen LogP contribution in [0.5, 0.6) is 6.01 Å². The molecule has 4 aliphatic rings. The van der Waals surface area contributed by atoms with Crippen LogP contribution >= 0.6 is 0 Å². The summed E-state index contributed by atoms with van der Waals surface area (Å²) >= 11 is 0. The molecule has 3 heterocycles. The van der Waals surface area contributed by atoms with Crippen LogP contribution in [-0.2, 0) is 48.0 Å². The van der Waals surface area contributed by atoms with Crippen molar-refractivity contribution in [2.24, 2.45) is 5.73 Å². The predicted molar refractivity (Wildman–Crippen MR) is 293 cm³/mol. The lowest BCUT2D eigenvalue weighted by Gasteiger charge is -2.27. The van der Waals surface area contributed by atoms with E-state index in [4.69, 9.17) is 9.53 Å². The molecule has 0 saturated carbocycles. The number of hydrogen-bond acceptors (Lipinski definition) is 15. The Morgan fingerprint density at radius 3 is 1.68 bits per heavy atom. The van der Waals surface area contributed by atoms with Gasteiger partial charge >= 0.3 is 6.01 Å². The SMILES string of the molecule is CNC(C)C(=O)N[C@@H](CCCCNc1nc(NCCCCC(NC(=O)[C@H](C)NC)C(=O)N2CCCC2)nc(OC)n1)C(=O)N1CCCC1C=O.CNC1CCCc2ccccc21.NC=O.c1ccc2c(c1)CCCC2. The van der Waals surface area contributed by atoms with Crippen molar-refractivity contribution in [1.29, 1.82) is 0 Å². The van der Waals surface area contributed by atoms with E-state index in [-0.39, 0.29) is 36.0 Å². The number of primary amides is 1. The fraction of sp³-hybridized carbons (Fsp3) is 0.618. The minimum absolute atomic E-state index is 0.0292. The van der Waals surface area contributed by atoms with E-state index >= 15 is 0 Å². The van der Waals surface area contributed by atoms with E-state index in [1.165, 1.54) is 63.2 Å². The number of nitrogens with one attached hydrogen (secondary N) is 7. The van der Waals surface area contributed by atoms with E-state index in [2.05, 4.69) is 106 Å². The fourth-order valence-corrected chi connectivity index (χ4v) is 9.62. The van der Waals surface area contributed by atoms with Gasteiger partial charge in [0.15, 0.2) is 0 Å². The van der Waals surface area contributed by atoms with Crippen molar-refractivity contribution in [3.8, 4) is 6.01 Å². The number of unbranched alkanes of at least 4 members (excludes halogenated alkanes) is 2. The van der Waals surface area contributed by atoms with Crippen molar-refractivity contribution in [3.05, 3.63) is 70.8 Å². The first-order valence-corrected chi connectivity index (χ1v) is 27.2. The smallest absolute Gasteiger partial charge is 0.322 e. The van der Waals surface area contributed by atoms with Gasteiger partial charge in [-0.1, -0.05) is 48.5 Å². The van der Waals surface area contributed by atoms with Gasteiger partial charge in [0.1, 0.15) is 18.4 Å². The third-order valence-electron chi connectivity index (χ3n) is 14.2. The van der Waals surface area contributed by atoms with Gasteiger partial charge in [-0.25, -0.2) is 0 Å². The maximum absolute atomic E-state index is 13.3. The number of likely N-dealkylation sites (N-methyl/N-ethyl adjacent to an activating group) is 2. The Kier molecular flexibility index (Phi) is 28.1. The summed E-state index contributed by atoms with van der Waals surface area (Å²) in [6.07, 6.45) is 17.3. The van der Waals surface area contributed by atoms with Crippen LogP contribution in [0.1, 0.15) is 132 Å². The third kappa shape index (κ3) is 20.4. The lowest BCUT2D eigenvalue weighted by Crippen LogP contribution is -2.53. The third-order valence-corrected chi connectivity index (χ3v) is 14.2. The second-order valence-corrected chi connectivity index (χ2v) is 19.4. The number of rotatable bonds is 23. The van der Waals surface area contributed by atoms with Crippen molar-refractivity contribution < 1.29 is 33.5 Å². The Hall–Kier alpha value is -6.25. The number of fused-ring (bicyclic) bond motifs is 2. The van der Waals surface area contributed by atoms with Crippen molar-refractivity contribution in [2.45, 2.75) is 159 Å². The Bertz CT molecular complexity index is 2190. The number of aromatic nitrogens is 3. The van der Waals surface area contributed by atoms with Crippen molar-refractivity contribution in [2.75, 3.05) is 71.6 Å². The minimum atomic E-state index is -0.728. The quantitative estimate of drug-likeness (QED) is 0.0493. The minimum Gasteiger partial charge on any atom is -0.467 e. The van der Waals surface area contributed by atoms with E-state index in [0.717, 1.165) is 38.6 Å². The first kappa shape index (κ1) is 61.3. The second kappa shape index (κ2) is 34.3. The molecule has 5 amide bonds. The fourth-order valence-electron chi connectivity index (χ4n) is 9.62. The Morgan fingerprint density at radius 2 is 1.17 bits per heavy atom. The number of nitrogens with zero attached hydrogens (tertiary/aromatic N) is 5. The van der Waals surface area contributed by atoms with Gasteiger partial charge in [-0.2, -0.15) is 15.0 Å². The van der Waals surface area contributed by atoms with Crippen LogP contribution < -0.4 is 47.7 Å². The molecule has 2 aliphatic heterocycles. The highest BCUT2D eigenvalue weighted by molar-refractivity contribution is 5.91. The van der Waals surface area contributed by atoms with Gasteiger partial charge < -0.3 is 62.3 Å². The van der Waals surface area contributed by atoms with Crippen LogP contribution in [0.15, 0.2) is 48.5 Å². The van der Waals surface area contributed by atoms with Gasteiger partial charge in [0.05, 0.1) is 25.2 Å². The first-order valence-electron chi connectivity index (χ1n) is 27.2. The highest BCUT2D eigenvalue weighted by atomic mass is 16.5. The van der Waals surface area contributed by atoms with Crippen LogP contribution in [0.2, 0.25) is 0 Å².